The highest BCUT2D eigenvalue weighted by Gasteiger charge is 2.52. The highest BCUT2D eigenvalue weighted by Crippen LogP contribution is 2.30. The fourth-order valence-electron chi connectivity index (χ4n) is 2.59. The van der Waals surface area contributed by atoms with Crippen molar-refractivity contribution in [1.82, 2.24) is 0 Å². The molecular formula is C17H26O11. The SMILES string of the molecule is CC(=O)OC[C@H]1O[C@H](OCCCO)[C@@H](OC(C)=O)[C@@H](OC(C)=O)[C@@H]1OC(C)=O. The van der Waals surface area contributed by atoms with Gasteiger partial charge in [-0.2, -0.15) is 0 Å². The summed E-state index contributed by atoms with van der Waals surface area (Å²) in [5.74, 6) is -2.74. The van der Waals surface area contributed by atoms with Gasteiger partial charge >= 0.3 is 23.9 Å². The van der Waals surface area contributed by atoms with Crippen LogP contribution in [-0.4, -0.2) is 79.5 Å². The van der Waals surface area contributed by atoms with Crippen molar-refractivity contribution in [3.8, 4) is 0 Å². The Kier molecular flexibility index (Phi) is 9.83. The summed E-state index contributed by atoms with van der Waals surface area (Å²) in [6.07, 6.45) is -5.73. The summed E-state index contributed by atoms with van der Waals surface area (Å²) in [4.78, 5) is 45.9. The van der Waals surface area contributed by atoms with Gasteiger partial charge in [-0.05, 0) is 6.42 Å². The molecule has 1 rings (SSSR count). The second-order valence-electron chi connectivity index (χ2n) is 6.02. The van der Waals surface area contributed by atoms with Gasteiger partial charge in [0, 0.05) is 34.3 Å². The zero-order chi connectivity index (χ0) is 21.3. The molecule has 0 amide bonds. The van der Waals surface area contributed by atoms with Crippen LogP contribution in [0.5, 0.6) is 0 Å². The predicted octanol–water partition coefficient (Wildman–Crippen LogP) is -0.531. The molecule has 1 aliphatic heterocycles. The maximum absolute atomic E-state index is 11.6. The van der Waals surface area contributed by atoms with E-state index in [1.165, 1.54) is 6.92 Å². The lowest BCUT2D eigenvalue weighted by molar-refractivity contribution is -0.308. The third kappa shape index (κ3) is 7.79. The third-order valence-corrected chi connectivity index (χ3v) is 3.53. The van der Waals surface area contributed by atoms with Crippen LogP contribution in [0.1, 0.15) is 34.1 Å². The van der Waals surface area contributed by atoms with Crippen molar-refractivity contribution >= 4 is 23.9 Å². The van der Waals surface area contributed by atoms with E-state index in [9.17, 15) is 19.2 Å². The summed E-state index contributed by atoms with van der Waals surface area (Å²) < 4.78 is 31.8. The number of carbonyl (C=O) groups excluding carboxylic acids is 4. The van der Waals surface area contributed by atoms with Crippen LogP contribution in [0.4, 0.5) is 0 Å². The molecule has 0 radical (unpaired) electrons. The Hall–Kier alpha value is -2.24. The number of ether oxygens (including phenoxy) is 6. The fraction of sp³-hybridized carbons (Fsp3) is 0.765. The number of hydrogen-bond acceptors (Lipinski definition) is 11. The summed E-state index contributed by atoms with van der Waals surface area (Å²) in [5, 5.41) is 8.93. The molecule has 0 spiro atoms. The second-order valence-corrected chi connectivity index (χ2v) is 6.02. The average molecular weight is 406 g/mol. The van der Waals surface area contributed by atoms with Gasteiger partial charge in [0.1, 0.15) is 12.7 Å². The number of hydrogen-bond donors (Lipinski definition) is 1. The van der Waals surface area contributed by atoms with Crippen LogP contribution in [-0.2, 0) is 47.6 Å². The number of esters is 4. The largest absolute Gasteiger partial charge is 0.463 e. The van der Waals surface area contributed by atoms with E-state index < -0.39 is 54.6 Å². The lowest BCUT2D eigenvalue weighted by Crippen LogP contribution is -2.63. The third-order valence-electron chi connectivity index (χ3n) is 3.53. The maximum Gasteiger partial charge on any atom is 0.303 e. The standard InChI is InChI=1S/C17H26O11/c1-9(19)24-8-13-14(25-10(2)20)15(26-11(3)21)16(27-12(4)22)17(28-13)23-7-5-6-18/h13-18H,5-8H2,1-4H3/t13-,14-,15+,16+,17+/m1/s1. The first-order chi connectivity index (χ1) is 13.1. The molecule has 1 aliphatic rings. The first kappa shape index (κ1) is 23.8. The number of aliphatic hydroxyl groups excluding tert-OH is 1. The molecule has 160 valence electrons. The lowest BCUT2D eigenvalue weighted by Gasteiger charge is -2.44. The molecule has 0 aromatic carbocycles. The van der Waals surface area contributed by atoms with Gasteiger partial charge in [0.15, 0.2) is 24.6 Å². The molecule has 0 unspecified atom stereocenters. The van der Waals surface area contributed by atoms with Crippen molar-refractivity contribution in [3.63, 3.8) is 0 Å². The van der Waals surface area contributed by atoms with Gasteiger partial charge in [0.2, 0.25) is 0 Å². The summed E-state index contributed by atoms with van der Waals surface area (Å²) in [6, 6.07) is 0. The Labute approximate surface area is 162 Å². The van der Waals surface area contributed by atoms with E-state index in [2.05, 4.69) is 0 Å². The molecule has 5 atom stereocenters. The first-order valence-corrected chi connectivity index (χ1v) is 8.68. The van der Waals surface area contributed by atoms with E-state index in [1.54, 1.807) is 0 Å². The Morgan fingerprint density at radius 2 is 1.36 bits per heavy atom. The smallest absolute Gasteiger partial charge is 0.303 e. The highest BCUT2D eigenvalue weighted by molar-refractivity contribution is 5.68. The van der Waals surface area contributed by atoms with Crippen LogP contribution < -0.4 is 0 Å². The van der Waals surface area contributed by atoms with E-state index in [0.717, 1.165) is 20.8 Å². The molecule has 1 fully saturated rings. The summed E-state index contributed by atoms with van der Waals surface area (Å²) in [7, 11) is 0. The van der Waals surface area contributed by atoms with Gasteiger partial charge in [-0.15, -0.1) is 0 Å². The zero-order valence-electron chi connectivity index (χ0n) is 16.2. The molecule has 28 heavy (non-hydrogen) atoms. The predicted molar refractivity (Wildman–Crippen MR) is 89.6 cm³/mol. The molecule has 0 bridgehead atoms. The molecule has 11 nitrogen and oxygen atoms in total. The molecule has 1 saturated heterocycles. The Bertz CT molecular complexity index is 561. The number of aliphatic hydroxyl groups is 1. The van der Waals surface area contributed by atoms with Crippen molar-refractivity contribution in [2.24, 2.45) is 0 Å². The minimum Gasteiger partial charge on any atom is -0.463 e. The molecule has 11 heteroatoms. The van der Waals surface area contributed by atoms with Gasteiger partial charge in [0.05, 0.1) is 6.61 Å². The number of carbonyl (C=O) groups is 4. The van der Waals surface area contributed by atoms with Gasteiger partial charge in [-0.1, -0.05) is 0 Å². The second kappa shape index (κ2) is 11.6. The van der Waals surface area contributed by atoms with Crippen molar-refractivity contribution in [3.05, 3.63) is 0 Å². The van der Waals surface area contributed by atoms with Crippen LogP contribution in [0.2, 0.25) is 0 Å². The zero-order valence-corrected chi connectivity index (χ0v) is 16.2. The quantitative estimate of drug-likeness (QED) is 0.300. The van der Waals surface area contributed by atoms with E-state index in [0.29, 0.717) is 0 Å². The first-order valence-electron chi connectivity index (χ1n) is 8.68. The van der Waals surface area contributed by atoms with Crippen LogP contribution in [0.25, 0.3) is 0 Å². The van der Waals surface area contributed by atoms with Crippen LogP contribution in [0.15, 0.2) is 0 Å². The number of rotatable bonds is 9. The van der Waals surface area contributed by atoms with E-state index >= 15 is 0 Å². The molecule has 0 aromatic heterocycles. The van der Waals surface area contributed by atoms with Gasteiger partial charge in [-0.3, -0.25) is 19.2 Å². The van der Waals surface area contributed by atoms with Crippen molar-refractivity contribution < 1.29 is 52.7 Å². The highest BCUT2D eigenvalue weighted by atomic mass is 16.7. The summed E-state index contributed by atoms with van der Waals surface area (Å²) >= 11 is 0. The van der Waals surface area contributed by atoms with Gasteiger partial charge in [0.25, 0.3) is 0 Å². The minimum atomic E-state index is -1.27. The van der Waals surface area contributed by atoms with Gasteiger partial charge in [-0.25, -0.2) is 0 Å². The van der Waals surface area contributed by atoms with Crippen molar-refractivity contribution in [2.45, 2.75) is 64.8 Å². The molecule has 0 aromatic rings. The van der Waals surface area contributed by atoms with E-state index in [-0.39, 0.29) is 26.2 Å². The van der Waals surface area contributed by atoms with Crippen LogP contribution in [0.3, 0.4) is 0 Å². The summed E-state index contributed by atoms with van der Waals surface area (Å²) in [6.45, 7) is 4.17. The summed E-state index contributed by atoms with van der Waals surface area (Å²) in [5.41, 5.74) is 0. The molecule has 0 saturated carbocycles. The van der Waals surface area contributed by atoms with Crippen molar-refractivity contribution in [1.29, 1.82) is 0 Å². The maximum atomic E-state index is 11.6. The minimum absolute atomic E-state index is 0.0459. The molecule has 1 heterocycles. The molecule has 1 N–H and O–H groups in total. The van der Waals surface area contributed by atoms with Gasteiger partial charge < -0.3 is 33.5 Å². The topological polar surface area (TPSA) is 144 Å². The Morgan fingerprint density at radius 1 is 0.821 bits per heavy atom. The normalized spacial score (nSPS) is 26.8. The average Bonchev–Trinajstić information content (AvgIpc) is 2.57. The fourth-order valence-corrected chi connectivity index (χ4v) is 2.59. The lowest BCUT2D eigenvalue weighted by atomic mass is 9.98. The monoisotopic (exact) mass is 406 g/mol. The van der Waals surface area contributed by atoms with E-state index in [1.807, 2.05) is 0 Å². The van der Waals surface area contributed by atoms with Crippen LogP contribution in [0, 0.1) is 0 Å². The Balaban J connectivity index is 3.21. The molecule has 0 aliphatic carbocycles. The molecular weight excluding hydrogens is 380 g/mol. The van der Waals surface area contributed by atoms with Crippen molar-refractivity contribution in [2.75, 3.05) is 19.8 Å². The van der Waals surface area contributed by atoms with E-state index in [4.69, 9.17) is 33.5 Å². The Morgan fingerprint density at radius 3 is 1.86 bits per heavy atom. The van der Waals surface area contributed by atoms with Crippen LogP contribution >= 0.6 is 0 Å².